The van der Waals surface area contributed by atoms with Crippen molar-refractivity contribution in [2.75, 3.05) is 13.1 Å². The van der Waals surface area contributed by atoms with Gasteiger partial charge in [0, 0.05) is 16.8 Å². The summed E-state index contributed by atoms with van der Waals surface area (Å²) in [6.45, 7) is 8.08. The SMILES string of the molecule is C=CC1=C(N=CC)C(=C2CCNCC2)c2ccc(Cl)cc2CC1. The molecular formula is C20H23ClN2. The molecule has 1 N–H and O–H groups in total. The van der Waals surface area contributed by atoms with Crippen LogP contribution in [0.3, 0.4) is 0 Å². The van der Waals surface area contributed by atoms with E-state index in [9.17, 15) is 0 Å². The van der Waals surface area contributed by atoms with E-state index in [1.807, 2.05) is 25.3 Å². The summed E-state index contributed by atoms with van der Waals surface area (Å²) in [5.74, 6) is 0. The van der Waals surface area contributed by atoms with E-state index in [2.05, 4.69) is 24.0 Å². The van der Waals surface area contributed by atoms with Crippen molar-refractivity contribution < 1.29 is 0 Å². The molecule has 1 heterocycles. The number of halogens is 1. The average molecular weight is 327 g/mol. The monoisotopic (exact) mass is 326 g/mol. The number of benzene rings is 1. The fraction of sp³-hybridized carbons (Fsp3) is 0.350. The second-order valence-corrected chi connectivity index (χ2v) is 6.43. The predicted molar refractivity (Wildman–Crippen MR) is 100 cm³/mol. The lowest BCUT2D eigenvalue weighted by atomic mass is 9.89. The van der Waals surface area contributed by atoms with E-state index in [-0.39, 0.29) is 0 Å². The molecule has 0 amide bonds. The maximum Gasteiger partial charge on any atom is 0.0735 e. The molecule has 1 aromatic rings. The first-order chi connectivity index (χ1) is 11.2. The van der Waals surface area contributed by atoms with Crippen molar-refractivity contribution in [2.24, 2.45) is 4.99 Å². The molecule has 3 heteroatoms. The maximum atomic E-state index is 6.24. The van der Waals surface area contributed by atoms with Crippen LogP contribution in [0.15, 0.2) is 52.7 Å². The van der Waals surface area contributed by atoms with Crippen molar-refractivity contribution in [2.45, 2.75) is 32.6 Å². The Morgan fingerprint density at radius 1 is 1.17 bits per heavy atom. The van der Waals surface area contributed by atoms with Gasteiger partial charge in [0.1, 0.15) is 0 Å². The lowest BCUT2D eigenvalue weighted by Crippen LogP contribution is -2.24. The lowest BCUT2D eigenvalue weighted by molar-refractivity contribution is 0.611. The number of hydrogen-bond donors (Lipinski definition) is 1. The minimum atomic E-state index is 0.806. The number of piperidine rings is 1. The molecule has 2 aliphatic rings. The summed E-state index contributed by atoms with van der Waals surface area (Å²) in [7, 11) is 0. The Morgan fingerprint density at radius 3 is 2.65 bits per heavy atom. The summed E-state index contributed by atoms with van der Waals surface area (Å²) >= 11 is 6.24. The largest absolute Gasteiger partial charge is 0.316 e. The van der Waals surface area contributed by atoms with Crippen molar-refractivity contribution in [3.8, 4) is 0 Å². The van der Waals surface area contributed by atoms with Gasteiger partial charge in [-0.05, 0) is 74.5 Å². The number of aryl methyl sites for hydroxylation is 1. The number of aliphatic imine (C=N–C) groups is 1. The van der Waals surface area contributed by atoms with Crippen LogP contribution in [0.1, 0.15) is 37.3 Å². The van der Waals surface area contributed by atoms with E-state index in [0.29, 0.717) is 0 Å². The van der Waals surface area contributed by atoms with Gasteiger partial charge in [-0.25, -0.2) is 0 Å². The first-order valence-electron chi connectivity index (χ1n) is 8.30. The number of rotatable bonds is 2. The zero-order valence-electron chi connectivity index (χ0n) is 13.7. The third kappa shape index (κ3) is 3.34. The molecule has 0 spiro atoms. The van der Waals surface area contributed by atoms with Crippen LogP contribution in [0, 0.1) is 0 Å². The molecule has 23 heavy (non-hydrogen) atoms. The highest BCUT2D eigenvalue weighted by Gasteiger charge is 2.23. The van der Waals surface area contributed by atoms with E-state index < -0.39 is 0 Å². The highest BCUT2D eigenvalue weighted by molar-refractivity contribution is 6.30. The topological polar surface area (TPSA) is 24.4 Å². The summed E-state index contributed by atoms with van der Waals surface area (Å²) in [6.07, 6.45) is 7.95. The number of fused-ring (bicyclic) bond motifs is 1. The first kappa shape index (κ1) is 16.2. The number of nitrogens with one attached hydrogen (secondary N) is 1. The van der Waals surface area contributed by atoms with Crippen LogP contribution in [0.2, 0.25) is 5.02 Å². The fourth-order valence-electron chi connectivity index (χ4n) is 3.50. The Hall–Kier alpha value is -1.64. The molecule has 0 saturated carbocycles. The van der Waals surface area contributed by atoms with E-state index in [1.165, 1.54) is 27.8 Å². The second-order valence-electron chi connectivity index (χ2n) is 6.00. The second kappa shape index (κ2) is 7.29. The van der Waals surface area contributed by atoms with E-state index in [1.54, 1.807) is 0 Å². The van der Waals surface area contributed by atoms with Gasteiger partial charge in [-0.2, -0.15) is 0 Å². The van der Waals surface area contributed by atoms with Crippen LogP contribution in [-0.2, 0) is 6.42 Å². The smallest absolute Gasteiger partial charge is 0.0735 e. The van der Waals surface area contributed by atoms with Gasteiger partial charge in [-0.1, -0.05) is 35.9 Å². The number of nitrogens with zero attached hydrogens (tertiary/aromatic N) is 1. The van der Waals surface area contributed by atoms with Crippen LogP contribution in [0.25, 0.3) is 5.57 Å². The summed E-state index contributed by atoms with van der Waals surface area (Å²) in [6, 6.07) is 6.27. The van der Waals surface area contributed by atoms with Gasteiger partial charge < -0.3 is 5.32 Å². The Kier molecular flexibility index (Phi) is 5.14. The molecule has 1 aliphatic heterocycles. The summed E-state index contributed by atoms with van der Waals surface area (Å²) < 4.78 is 0. The molecule has 0 unspecified atom stereocenters. The molecule has 0 radical (unpaired) electrons. The van der Waals surface area contributed by atoms with Gasteiger partial charge >= 0.3 is 0 Å². The third-order valence-corrected chi connectivity index (χ3v) is 4.84. The molecule has 1 saturated heterocycles. The Morgan fingerprint density at radius 2 is 1.96 bits per heavy atom. The van der Waals surface area contributed by atoms with Crippen molar-refractivity contribution in [3.05, 3.63) is 63.8 Å². The van der Waals surface area contributed by atoms with E-state index in [4.69, 9.17) is 16.6 Å². The summed E-state index contributed by atoms with van der Waals surface area (Å²) in [5, 5.41) is 4.25. The minimum absolute atomic E-state index is 0.806. The summed E-state index contributed by atoms with van der Waals surface area (Å²) in [5.41, 5.74) is 7.75. The van der Waals surface area contributed by atoms with Crippen LogP contribution >= 0.6 is 11.6 Å². The van der Waals surface area contributed by atoms with Gasteiger partial charge in [-0.3, -0.25) is 4.99 Å². The zero-order valence-corrected chi connectivity index (χ0v) is 14.4. The molecule has 1 aliphatic carbocycles. The highest BCUT2D eigenvalue weighted by Crippen LogP contribution is 2.40. The molecular weight excluding hydrogens is 304 g/mol. The van der Waals surface area contributed by atoms with Gasteiger partial charge in [-0.15, -0.1) is 0 Å². The minimum Gasteiger partial charge on any atom is -0.316 e. The van der Waals surface area contributed by atoms with Gasteiger partial charge in [0.05, 0.1) is 5.70 Å². The standard InChI is InChI=1S/C20H23ClN2/c1-3-14-5-6-16-13-17(21)7-8-18(16)19(20(14)23-4-2)15-9-11-22-12-10-15/h3-4,7-8,13,22H,1,5-6,9-12H2,2H3. The highest BCUT2D eigenvalue weighted by atomic mass is 35.5. The van der Waals surface area contributed by atoms with Crippen LogP contribution in [0.4, 0.5) is 0 Å². The zero-order chi connectivity index (χ0) is 16.2. The molecule has 1 fully saturated rings. The van der Waals surface area contributed by atoms with Crippen LogP contribution in [0.5, 0.6) is 0 Å². The Balaban J connectivity index is 2.27. The van der Waals surface area contributed by atoms with Crippen LogP contribution in [-0.4, -0.2) is 19.3 Å². The van der Waals surface area contributed by atoms with Crippen molar-refractivity contribution in [1.29, 1.82) is 0 Å². The molecule has 0 bridgehead atoms. The number of hydrogen-bond acceptors (Lipinski definition) is 2. The molecule has 0 aromatic heterocycles. The molecule has 1 aromatic carbocycles. The third-order valence-electron chi connectivity index (χ3n) is 4.61. The van der Waals surface area contributed by atoms with Crippen molar-refractivity contribution >= 4 is 23.4 Å². The van der Waals surface area contributed by atoms with Gasteiger partial charge in [0.15, 0.2) is 0 Å². The molecule has 0 atom stereocenters. The fourth-order valence-corrected chi connectivity index (χ4v) is 3.70. The predicted octanol–water partition coefficient (Wildman–Crippen LogP) is 4.95. The molecule has 120 valence electrons. The molecule has 2 nitrogen and oxygen atoms in total. The van der Waals surface area contributed by atoms with Gasteiger partial charge in [0.2, 0.25) is 0 Å². The van der Waals surface area contributed by atoms with Crippen molar-refractivity contribution in [1.82, 2.24) is 5.32 Å². The normalized spacial score (nSPS) is 19.0. The van der Waals surface area contributed by atoms with Crippen LogP contribution < -0.4 is 5.32 Å². The lowest BCUT2D eigenvalue weighted by Gasteiger charge is -2.22. The Labute approximate surface area is 143 Å². The van der Waals surface area contributed by atoms with Gasteiger partial charge in [0.25, 0.3) is 0 Å². The quantitative estimate of drug-likeness (QED) is 0.764. The van der Waals surface area contributed by atoms with E-state index in [0.717, 1.165) is 49.5 Å². The summed E-state index contributed by atoms with van der Waals surface area (Å²) in [4.78, 5) is 4.75. The average Bonchev–Trinajstić information content (AvgIpc) is 2.72. The first-order valence-corrected chi connectivity index (χ1v) is 8.68. The van der Waals surface area contributed by atoms with E-state index >= 15 is 0 Å². The Bertz CT molecular complexity index is 702. The maximum absolute atomic E-state index is 6.24. The number of allylic oxidation sites excluding steroid dienone is 3. The molecule has 3 rings (SSSR count). The van der Waals surface area contributed by atoms with Crippen molar-refractivity contribution in [3.63, 3.8) is 0 Å².